The first-order valence-electron chi connectivity index (χ1n) is 12.1. The molecule has 1 aliphatic carbocycles. The Morgan fingerprint density at radius 3 is 2.64 bits per heavy atom. The normalized spacial score (nSPS) is 18.3. The maximum Gasteiger partial charge on any atom is 0.257 e. The first-order valence-corrected chi connectivity index (χ1v) is 13.7. The highest BCUT2D eigenvalue weighted by atomic mass is 33.1. The standard InChI is InChI=1S/C27H30N6O.H2S2/c1-28-26(18-20-6-5-7-21(14-20)19-32-12-3-2-4-13-32)25-17-22-15-23(31-27(25)34)8-9-24(16-22)33-29-10-11-30-33;1-2/h5-11,14,16-18,28H,2-4,12-13,15,19H2,1H3,(H,31,34);1-2H/b26-18-;. The molecule has 1 aromatic carbocycles. The molecule has 3 aliphatic rings. The van der Waals surface area contributed by atoms with Crippen molar-refractivity contribution >= 4 is 41.0 Å². The summed E-state index contributed by atoms with van der Waals surface area (Å²) in [5.74, 6) is -0.117. The number of piperidine rings is 1. The third kappa shape index (κ3) is 6.60. The Bertz CT molecular complexity index is 1220. The largest absolute Gasteiger partial charge is 0.387 e. The first kappa shape index (κ1) is 26.1. The number of carbonyl (C=O) groups excluding carboxylic acids is 1. The Labute approximate surface area is 222 Å². The molecular weight excluding hydrogens is 488 g/mol. The number of nitrogens with one attached hydrogen (secondary N) is 2. The number of fused-ring (bicyclic) bond motifs is 2. The smallest absolute Gasteiger partial charge is 0.257 e. The van der Waals surface area contributed by atoms with E-state index in [4.69, 9.17) is 0 Å². The zero-order chi connectivity index (χ0) is 25.3. The van der Waals surface area contributed by atoms with Gasteiger partial charge in [0.1, 0.15) is 0 Å². The van der Waals surface area contributed by atoms with Crippen molar-refractivity contribution in [3.05, 3.63) is 94.6 Å². The number of carbonyl (C=O) groups is 1. The number of rotatable bonds is 6. The molecule has 1 fully saturated rings. The van der Waals surface area contributed by atoms with Crippen LogP contribution in [0.1, 0.15) is 36.8 Å². The van der Waals surface area contributed by atoms with E-state index in [0.29, 0.717) is 12.0 Å². The molecule has 1 amide bonds. The summed E-state index contributed by atoms with van der Waals surface area (Å²) in [5.41, 5.74) is 6.47. The number of thiol groups is 2. The molecule has 7 nitrogen and oxygen atoms in total. The second-order valence-electron chi connectivity index (χ2n) is 8.90. The van der Waals surface area contributed by atoms with Crippen LogP contribution < -0.4 is 10.6 Å². The van der Waals surface area contributed by atoms with Crippen LogP contribution >= 0.6 is 23.3 Å². The van der Waals surface area contributed by atoms with Crippen LogP contribution in [0.4, 0.5) is 0 Å². The van der Waals surface area contributed by atoms with Crippen LogP contribution in [0.5, 0.6) is 0 Å². The molecule has 2 aliphatic heterocycles. The van der Waals surface area contributed by atoms with E-state index in [1.54, 1.807) is 17.2 Å². The van der Waals surface area contributed by atoms with Crippen molar-refractivity contribution in [3.63, 3.8) is 0 Å². The van der Waals surface area contributed by atoms with Gasteiger partial charge in [0.15, 0.2) is 0 Å². The maximum atomic E-state index is 13.1. The van der Waals surface area contributed by atoms with Gasteiger partial charge in [-0.1, -0.05) is 30.7 Å². The van der Waals surface area contributed by atoms with Crippen LogP contribution in [-0.4, -0.2) is 45.9 Å². The predicted molar refractivity (Wildman–Crippen MR) is 152 cm³/mol. The molecule has 1 aromatic heterocycles. The highest BCUT2D eigenvalue weighted by Crippen LogP contribution is 2.26. The van der Waals surface area contributed by atoms with Crippen LogP contribution in [0.25, 0.3) is 11.8 Å². The fraction of sp³-hybridized carbons (Fsp3) is 0.296. The average Bonchev–Trinajstić information content (AvgIpc) is 3.31. The van der Waals surface area contributed by atoms with Crippen molar-refractivity contribution < 1.29 is 4.79 Å². The molecule has 0 unspecified atom stereocenters. The Balaban J connectivity index is 0.00000148. The van der Waals surface area contributed by atoms with Crippen molar-refractivity contribution in [2.75, 3.05) is 20.1 Å². The molecule has 2 aromatic rings. The Hall–Kier alpha value is -3.01. The van der Waals surface area contributed by atoms with E-state index in [0.717, 1.165) is 34.8 Å². The van der Waals surface area contributed by atoms with Crippen LogP contribution in [-0.2, 0) is 11.3 Å². The lowest BCUT2D eigenvalue weighted by molar-refractivity contribution is -0.116. The molecule has 0 spiro atoms. The summed E-state index contributed by atoms with van der Waals surface area (Å²) in [6, 6.07) is 8.58. The zero-order valence-electron chi connectivity index (χ0n) is 20.4. The van der Waals surface area contributed by atoms with E-state index in [-0.39, 0.29) is 5.91 Å². The molecule has 1 saturated heterocycles. The fourth-order valence-electron chi connectivity index (χ4n) is 4.68. The van der Waals surface area contributed by atoms with Gasteiger partial charge in [-0.3, -0.25) is 9.69 Å². The molecule has 0 saturated carbocycles. The van der Waals surface area contributed by atoms with Gasteiger partial charge in [-0.2, -0.15) is 15.0 Å². The zero-order valence-corrected chi connectivity index (χ0v) is 22.2. The minimum absolute atomic E-state index is 0.117. The Kier molecular flexibility index (Phi) is 9.27. The number of aromatic nitrogens is 3. The van der Waals surface area contributed by atoms with Crippen molar-refractivity contribution in [2.45, 2.75) is 32.2 Å². The Morgan fingerprint density at radius 2 is 1.89 bits per heavy atom. The molecule has 3 heterocycles. The van der Waals surface area contributed by atoms with E-state index in [9.17, 15) is 4.79 Å². The molecule has 9 heteroatoms. The number of benzene rings is 1. The van der Waals surface area contributed by atoms with Gasteiger partial charge in [0.25, 0.3) is 5.91 Å². The third-order valence-corrected chi connectivity index (χ3v) is 6.36. The molecule has 36 heavy (non-hydrogen) atoms. The minimum Gasteiger partial charge on any atom is -0.387 e. The van der Waals surface area contributed by atoms with Gasteiger partial charge in [-0.25, -0.2) is 0 Å². The van der Waals surface area contributed by atoms with Gasteiger partial charge in [0.05, 0.1) is 23.7 Å². The first-order chi connectivity index (χ1) is 17.7. The van der Waals surface area contributed by atoms with Gasteiger partial charge in [0, 0.05) is 31.4 Å². The average molecular weight is 521 g/mol. The minimum atomic E-state index is -0.117. The van der Waals surface area contributed by atoms with E-state index < -0.39 is 0 Å². The maximum absolute atomic E-state index is 13.1. The predicted octanol–water partition coefficient (Wildman–Crippen LogP) is 4.40. The summed E-state index contributed by atoms with van der Waals surface area (Å²) in [5, 5.41) is 14.8. The number of hydrogen-bond donors (Lipinski definition) is 4. The fourth-order valence-corrected chi connectivity index (χ4v) is 4.68. The second-order valence-corrected chi connectivity index (χ2v) is 8.90. The summed E-state index contributed by atoms with van der Waals surface area (Å²) in [6.45, 7) is 3.31. The summed E-state index contributed by atoms with van der Waals surface area (Å²) >= 11 is 6.44. The van der Waals surface area contributed by atoms with Crippen molar-refractivity contribution in [1.82, 2.24) is 30.5 Å². The number of nitrogens with zero attached hydrogens (tertiary/aromatic N) is 4. The molecule has 2 N–H and O–H groups in total. The lowest BCUT2D eigenvalue weighted by Crippen LogP contribution is -2.29. The Morgan fingerprint density at radius 1 is 1.11 bits per heavy atom. The van der Waals surface area contributed by atoms with Crippen molar-refractivity contribution in [3.8, 4) is 0 Å². The van der Waals surface area contributed by atoms with Gasteiger partial charge >= 0.3 is 0 Å². The topological polar surface area (TPSA) is 75.1 Å². The van der Waals surface area contributed by atoms with Crippen LogP contribution in [0.2, 0.25) is 0 Å². The van der Waals surface area contributed by atoms with E-state index in [2.05, 4.69) is 79.4 Å². The number of amides is 1. The quantitative estimate of drug-likeness (QED) is 0.336. The number of likely N-dealkylation sites (tertiary alicyclic amines) is 1. The molecule has 2 bridgehead atoms. The third-order valence-electron chi connectivity index (χ3n) is 6.36. The van der Waals surface area contributed by atoms with E-state index in [1.807, 2.05) is 31.4 Å². The van der Waals surface area contributed by atoms with Gasteiger partial charge in [-0.05, 0) is 73.0 Å². The lowest BCUT2D eigenvalue weighted by atomic mass is 10.0. The highest BCUT2D eigenvalue weighted by Gasteiger charge is 2.21. The van der Waals surface area contributed by atoms with Crippen molar-refractivity contribution in [1.29, 1.82) is 0 Å². The monoisotopic (exact) mass is 520 g/mol. The number of likely N-dealkylation sites (N-methyl/N-ethyl adjacent to an activating group) is 1. The lowest BCUT2D eigenvalue weighted by Gasteiger charge is -2.26. The molecule has 188 valence electrons. The molecule has 5 rings (SSSR count). The van der Waals surface area contributed by atoms with E-state index >= 15 is 0 Å². The highest BCUT2D eigenvalue weighted by molar-refractivity contribution is 8.59. The van der Waals surface area contributed by atoms with Gasteiger partial charge < -0.3 is 10.6 Å². The second kappa shape index (κ2) is 12.8. The molecule has 0 radical (unpaired) electrons. The summed E-state index contributed by atoms with van der Waals surface area (Å²) in [7, 11) is 1.85. The number of hydrogen-bond acceptors (Lipinski definition) is 7. The molecular formula is C27H32N6OS2. The molecule has 0 atom stereocenters. The van der Waals surface area contributed by atoms with Crippen molar-refractivity contribution in [2.24, 2.45) is 0 Å². The number of allylic oxidation sites excluding steroid dienone is 6. The summed E-state index contributed by atoms with van der Waals surface area (Å²) in [4.78, 5) is 17.2. The van der Waals surface area contributed by atoms with Crippen LogP contribution in [0, 0.1) is 0 Å². The van der Waals surface area contributed by atoms with Crippen LogP contribution in [0.3, 0.4) is 0 Å². The van der Waals surface area contributed by atoms with Gasteiger partial charge in [0.2, 0.25) is 0 Å². The summed E-state index contributed by atoms with van der Waals surface area (Å²) in [6.07, 6.45) is 17.7. The summed E-state index contributed by atoms with van der Waals surface area (Å²) < 4.78 is 0. The van der Waals surface area contributed by atoms with E-state index in [1.165, 1.54) is 37.9 Å². The van der Waals surface area contributed by atoms with Crippen LogP contribution in [0.15, 0.2) is 83.5 Å². The SMILES string of the molecule is CN/C(=C\c1cccc(CN2CCCCC2)c1)C1=CC2=CC(n3nccn3)=CC=C(C2)NC1=O.SS. The van der Waals surface area contributed by atoms with Gasteiger partial charge in [-0.15, -0.1) is 23.3 Å².